The Morgan fingerprint density at radius 1 is 0.640 bits per heavy atom. The fourth-order valence-corrected chi connectivity index (χ4v) is 4.09. The average molecular weight is 721 g/mol. The summed E-state index contributed by atoms with van der Waals surface area (Å²) < 4.78 is 0. The maximum absolute atomic E-state index is 13.4. The van der Waals surface area contributed by atoms with Gasteiger partial charge in [0, 0.05) is 6.54 Å². The lowest BCUT2D eigenvalue weighted by atomic mass is 10.0. The summed E-state index contributed by atoms with van der Waals surface area (Å²) in [6, 6.07) is -10.3. The smallest absolute Gasteiger partial charge is 0.328 e. The maximum atomic E-state index is 13.4. The molecule has 0 aromatic carbocycles. The van der Waals surface area contributed by atoms with Gasteiger partial charge in [-0.15, -0.1) is 0 Å². The van der Waals surface area contributed by atoms with Crippen LogP contribution in [-0.4, -0.2) is 148 Å². The van der Waals surface area contributed by atoms with Gasteiger partial charge in [0.2, 0.25) is 35.4 Å². The molecule has 0 unspecified atom stereocenters. The zero-order valence-corrected chi connectivity index (χ0v) is 28.4. The van der Waals surface area contributed by atoms with E-state index in [4.69, 9.17) is 27.4 Å². The number of nitrogens with one attached hydrogen (secondary N) is 6. The molecule has 0 bridgehead atoms. The number of rotatable bonds is 23. The fourth-order valence-electron chi connectivity index (χ4n) is 4.09. The standard InChI is InChI=1S/C28H52N10O12/c1-12(2)8-17(35-25(47)18(10-40)37-22(44)15(29)9-39)24(46)34-16(6-5-7-32-28(30)31)23(45)33-13(3)21(43)36-19(11-41)26(48)38-20(14(4)42)27(49)50/h12-20,39-42H,5-11,29H2,1-4H3,(H,33,45)(H,34,46)(H,35,47)(H,36,43)(H,37,44)(H,38,48)(H,49,50)(H4,30,31,32)/t13-,14+,15-,16-,17-,18-,19-,20-/m0/s1. The molecule has 0 aromatic heterocycles. The van der Waals surface area contributed by atoms with Gasteiger partial charge in [0.1, 0.15) is 36.3 Å². The maximum Gasteiger partial charge on any atom is 0.328 e. The van der Waals surface area contributed by atoms with Crippen molar-refractivity contribution in [1.29, 1.82) is 0 Å². The van der Waals surface area contributed by atoms with Crippen molar-refractivity contribution in [3.05, 3.63) is 0 Å². The molecule has 0 saturated heterocycles. The van der Waals surface area contributed by atoms with Crippen LogP contribution < -0.4 is 49.1 Å². The number of carbonyl (C=O) groups is 7. The quantitative estimate of drug-likeness (QED) is 0.0265. The highest BCUT2D eigenvalue weighted by Crippen LogP contribution is 2.08. The summed E-state index contributed by atoms with van der Waals surface area (Å²) in [6.07, 6.45) is -1.38. The van der Waals surface area contributed by atoms with Crippen LogP contribution in [0.1, 0.15) is 47.0 Å². The van der Waals surface area contributed by atoms with E-state index in [1.54, 1.807) is 13.8 Å². The molecule has 0 saturated carbocycles. The molecule has 0 rings (SSSR count). The fraction of sp³-hybridized carbons (Fsp3) is 0.714. The van der Waals surface area contributed by atoms with Crippen LogP contribution in [-0.2, 0) is 33.6 Å². The Morgan fingerprint density at radius 2 is 1.10 bits per heavy atom. The summed E-state index contributed by atoms with van der Waals surface area (Å²) in [6.45, 7) is 3.29. The Bertz CT molecular complexity index is 1200. The van der Waals surface area contributed by atoms with Crippen LogP contribution in [0.4, 0.5) is 0 Å². The molecule has 0 fully saturated rings. The molecular weight excluding hydrogens is 668 g/mol. The van der Waals surface area contributed by atoms with Crippen LogP contribution in [0.15, 0.2) is 4.99 Å². The Morgan fingerprint density at radius 3 is 1.56 bits per heavy atom. The van der Waals surface area contributed by atoms with Crippen LogP contribution in [0, 0.1) is 5.92 Å². The topological polar surface area (TPSA) is 383 Å². The molecule has 0 aliphatic carbocycles. The number of aliphatic hydroxyl groups excluding tert-OH is 4. The summed E-state index contributed by atoms with van der Waals surface area (Å²) in [5.74, 6) is -7.71. The van der Waals surface area contributed by atoms with Crippen molar-refractivity contribution in [3.8, 4) is 0 Å². The number of carboxylic acid groups (broad SMARTS) is 1. The lowest BCUT2D eigenvalue weighted by Crippen LogP contribution is -2.60. The first-order valence-electron chi connectivity index (χ1n) is 15.7. The van der Waals surface area contributed by atoms with Crippen LogP contribution in [0.25, 0.3) is 0 Å². The largest absolute Gasteiger partial charge is 0.480 e. The molecule has 8 atom stereocenters. The first-order valence-corrected chi connectivity index (χ1v) is 15.7. The van der Waals surface area contributed by atoms with Gasteiger partial charge >= 0.3 is 5.97 Å². The zero-order valence-electron chi connectivity index (χ0n) is 28.4. The zero-order chi connectivity index (χ0) is 38.7. The van der Waals surface area contributed by atoms with Gasteiger partial charge in [-0.1, -0.05) is 13.8 Å². The van der Waals surface area contributed by atoms with Crippen LogP contribution in [0.5, 0.6) is 0 Å². The summed E-state index contributed by atoms with van der Waals surface area (Å²) >= 11 is 0. The van der Waals surface area contributed by atoms with Gasteiger partial charge < -0.3 is 74.6 Å². The molecule has 286 valence electrons. The van der Waals surface area contributed by atoms with E-state index in [0.717, 1.165) is 6.92 Å². The second kappa shape index (κ2) is 22.9. The van der Waals surface area contributed by atoms with Crippen molar-refractivity contribution in [2.45, 2.75) is 95.4 Å². The first kappa shape index (κ1) is 45.4. The van der Waals surface area contributed by atoms with Gasteiger partial charge in [0.25, 0.3) is 0 Å². The monoisotopic (exact) mass is 720 g/mol. The number of carbonyl (C=O) groups excluding carboxylic acids is 6. The number of hydrogen-bond acceptors (Lipinski definition) is 13. The van der Waals surface area contributed by atoms with Gasteiger partial charge in [0.05, 0.1) is 25.9 Å². The Labute approximate surface area is 288 Å². The number of guanidine groups is 1. The molecular formula is C28H52N10O12. The number of nitrogens with two attached hydrogens (primary N) is 3. The lowest BCUT2D eigenvalue weighted by Gasteiger charge is -2.27. The van der Waals surface area contributed by atoms with E-state index in [9.17, 15) is 48.9 Å². The molecule has 0 aromatic rings. The number of amides is 6. The van der Waals surface area contributed by atoms with E-state index < -0.39 is 110 Å². The molecule has 22 nitrogen and oxygen atoms in total. The summed E-state index contributed by atoms with van der Waals surface area (Å²) in [5.41, 5.74) is 16.1. The van der Waals surface area contributed by atoms with Crippen molar-refractivity contribution < 1.29 is 59.1 Å². The average Bonchev–Trinajstić information content (AvgIpc) is 3.03. The van der Waals surface area contributed by atoms with E-state index >= 15 is 0 Å². The van der Waals surface area contributed by atoms with E-state index in [-0.39, 0.29) is 37.7 Å². The number of carboxylic acids is 1. The summed E-state index contributed by atoms with van der Waals surface area (Å²) in [4.78, 5) is 92.1. The third-order valence-electron chi connectivity index (χ3n) is 6.88. The van der Waals surface area contributed by atoms with E-state index in [1.807, 2.05) is 5.32 Å². The Balaban J connectivity index is 5.92. The van der Waals surface area contributed by atoms with Gasteiger partial charge in [-0.05, 0) is 39.0 Å². The number of hydrogen-bond donors (Lipinski definition) is 14. The van der Waals surface area contributed by atoms with E-state index in [1.165, 1.54) is 6.92 Å². The summed E-state index contributed by atoms with van der Waals surface area (Å²) in [7, 11) is 0. The van der Waals surface area contributed by atoms with Gasteiger partial charge in [-0.3, -0.25) is 33.8 Å². The number of aliphatic carboxylic acids is 1. The molecule has 6 amide bonds. The highest BCUT2D eigenvalue weighted by atomic mass is 16.4. The molecule has 17 N–H and O–H groups in total. The third kappa shape index (κ3) is 16.6. The highest BCUT2D eigenvalue weighted by molar-refractivity contribution is 5.97. The molecule has 22 heteroatoms. The van der Waals surface area contributed by atoms with E-state index in [0.29, 0.717) is 0 Å². The SMILES string of the molecule is CC(C)C[C@H](NC(=O)[C@H](CO)NC(=O)[C@@H](N)CO)C(=O)N[C@@H](CCCN=C(N)N)C(=O)N[C@@H](C)C(=O)N[C@@H](CO)C(=O)N[C@H](C(=O)O)[C@@H](C)O. The number of aliphatic imine (C=N–C) groups is 1. The minimum Gasteiger partial charge on any atom is -0.480 e. The van der Waals surface area contributed by atoms with Crippen molar-refractivity contribution in [2.75, 3.05) is 26.4 Å². The predicted octanol–water partition coefficient (Wildman–Crippen LogP) is -7.22. The van der Waals surface area contributed by atoms with Gasteiger partial charge in [0.15, 0.2) is 12.0 Å². The first-order chi connectivity index (χ1) is 23.3. The van der Waals surface area contributed by atoms with Crippen LogP contribution >= 0.6 is 0 Å². The minimum atomic E-state index is -1.74. The predicted molar refractivity (Wildman–Crippen MR) is 175 cm³/mol. The Hall–Kier alpha value is -4.64. The molecule has 50 heavy (non-hydrogen) atoms. The number of nitrogens with zero attached hydrogens (tertiary/aromatic N) is 1. The minimum absolute atomic E-state index is 0.0450. The van der Waals surface area contributed by atoms with Gasteiger partial charge in [-0.2, -0.15) is 0 Å². The molecule has 0 heterocycles. The van der Waals surface area contributed by atoms with Crippen molar-refractivity contribution >= 4 is 47.4 Å². The number of aliphatic hydroxyl groups is 4. The second-order valence-corrected chi connectivity index (χ2v) is 11.8. The molecule has 0 aliphatic rings. The lowest BCUT2D eigenvalue weighted by molar-refractivity contribution is -0.145. The van der Waals surface area contributed by atoms with Gasteiger partial charge in [-0.25, -0.2) is 4.79 Å². The van der Waals surface area contributed by atoms with E-state index in [2.05, 4.69) is 31.6 Å². The summed E-state index contributed by atoms with van der Waals surface area (Å²) in [5, 5.41) is 60.7. The molecule has 0 spiro atoms. The van der Waals surface area contributed by atoms with Crippen LogP contribution in [0.2, 0.25) is 0 Å². The Kier molecular flexibility index (Phi) is 20.8. The van der Waals surface area contributed by atoms with Crippen molar-refractivity contribution in [1.82, 2.24) is 31.9 Å². The second-order valence-electron chi connectivity index (χ2n) is 11.8. The van der Waals surface area contributed by atoms with Crippen molar-refractivity contribution in [2.24, 2.45) is 28.1 Å². The van der Waals surface area contributed by atoms with Crippen LogP contribution in [0.3, 0.4) is 0 Å². The molecule has 0 aliphatic heterocycles. The normalized spacial score (nSPS) is 15.8. The third-order valence-corrected chi connectivity index (χ3v) is 6.88. The highest BCUT2D eigenvalue weighted by Gasteiger charge is 2.33. The van der Waals surface area contributed by atoms with Crippen molar-refractivity contribution in [3.63, 3.8) is 0 Å². The molecule has 0 radical (unpaired) electrons.